The molecule has 44 heavy (non-hydrogen) atoms. The zero-order valence-corrected chi connectivity index (χ0v) is 23.8. The van der Waals surface area contributed by atoms with Gasteiger partial charge in [-0.3, -0.25) is 19.8 Å². The van der Waals surface area contributed by atoms with Gasteiger partial charge in [-0.05, 0) is 54.1 Å². The number of esters is 1. The van der Waals surface area contributed by atoms with Crippen LogP contribution in [0.4, 0.5) is 23.2 Å². The molecule has 0 bridgehead atoms. The molecule has 0 spiro atoms. The Labute approximate surface area is 254 Å². The van der Waals surface area contributed by atoms with Crippen LogP contribution < -0.4 is 5.32 Å². The highest BCUT2D eigenvalue weighted by atomic mass is 32.2. The largest absolute Gasteiger partial charge is 0.461 e. The third-order valence-electron chi connectivity index (χ3n) is 6.70. The zero-order valence-electron chi connectivity index (χ0n) is 23.0. The van der Waals surface area contributed by atoms with E-state index in [1.807, 2.05) is 0 Å². The van der Waals surface area contributed by atoms with Crippen LogP contribution in [-0.2, 0) is 10.2 Å². The average Bonchev–Trinajstić information content (AvgIpc) is 3.81. The summed E-state index contributed by atoms with van der Waals surface area (Å²) in [6, 6.07) is 14.6. The standard InChI is InChI=1S/C31H25F4N3O5S/c1-2-16-37(18-19-43-29(40)21-3-6-23(7-4-21)30(13-14-30)31(33,34)35)17-15-36-28(39)22-5-12-27(26(20-22)38(41)42)44-25-10-8-24(32)9-11-25/h1,3-14,20H,15-19H2,(H,36,39). The van der Waals surface area contributed by atoms with E-state index >= 15 is 0 Å². The molecule has 0 saturated carbocycles. The molecule has 0 unspecified atom stereocenters. The molecule has 1 amide bonds. The van der Waals surface area contributed by atoms with Gasteiger partial charge in [-0.2, -0.15) is 13.2 Å². The molecule has 4 rings (SSSR count). The molecule has 1 N–H and O–H groups in total. The van der Waals surface area contributed by atoms with Gasteiger partial charge in [0, 0.05) is 36.2 Å². The first-order valence-corrected chi connectivity index (χ1v) is 14.0. The molecular formula is C31H25F4N3O5S. The van der Waals surface area contributed by atoms with Crippen molar-refractivity contribution >= 4 is 29.3 Å². The number of halogens is 4. The number of benzene rings is 3. The summed E-state index contributed by atoms with van der Waals surface area (Å²) in [6.45, 7) is 0.727. The first-order valence-electron chi connectivity index (χ1n) is 13.1. The van der Waals surface area contributed by atoms with Gasteiger partial charge in [0.15, 0.2) is 0 Å². The summed E-state index contributed by atoms with van der Waals surface area (Å²) in [6.07, 6.45) is 3.08. The number of rotatable bonds is 13. The first kappa shape index (κ1) is 32.2. The predicted molar refractivity (Wildman–Crippen MR) is 155 cm³/mol. The van der Waals surface area contributed by atoms with Crippen LogP contribution in [0.5, 0.6) is 0 Å². The van der Waals surface area contributed by atoms with Crippen LogP contribution in [0.2, 0.25) is 0 Å². The molecule has 0 radical (unpaired) electrons. The molecule has 3 aromatic carbocycles. The van der Waals surface area contributed by atoms with Crippen LogP contribution in [0.25, 0.3) is 0 Å². The van der Waals surface area contributed by atoms with Crippen molar-refractivity contribution in [2.75, 3.05) is 32.8 Å². The Hall–Kier alpha value is -4.67. The highest BCUT2D eigenvalue weighted by Crippen LogP contribution is 2.51. The van der Waals surface area contributed by atoms with E-state index in [9.17, 15) is 37.3 Å². The summed E-state index contributed by atoms with van der Waals surface area (Å²) in [5.74, 6) is 0.784. The van der Waals surface area contributed by atoms with E-state index < -0.39 is 34.2 Å². The lowest BCUT2D eigenvalue weighted by Gasteiger charge is -2.21. The molecule has 228 valence electrons. The van der Waals surface area contributed by atoms with Crippen LogP contribution in [0.15, 0.2) is 88.7 Å². The molecule has 0 heterocycles. The minimum Gasteiger partial charge on any atom is -0.461 e. The molecule has 1 aliphatic carbocycles. The maximum absolute atomic E-state index is 13.3. The fourth-order valence-corrected chi connectivity index (χ4v) is 5.11. The number of nitro benzene ring substituents is 1. The van der Waals surface area contributed by atoms with Crippen molar-refractivity contribution in [3.8, 4) is 12.3 Å². The van der Waals surface area contributed by atoms with Crippen molar-refractivity contribution < 1.29 is 36.8 Å². The Morgan fingerprint density at radius 1 is 1.02 bits per heavy atom. The van der Waals surface area contributed by atoms with Crippen molar-refractivity contribution in [1.82, 2.24) is 10.2 Å². The number of hydrogen-bond acceptors (Lipinski definition) is 7. The van der Waals surface area contributed by atoms with Crippen LogP contribution in [-0.4, -0.2) is 60.7 Å². The van der Waals surface area contributed by atoms with Crippen molar-refractivity contribution in [1.29, 1.82) is 0 Å². The van der Waals surface area contributed by atoms with Crippen molar-refractivity contribution in [2.45, 2.75) is 21.4 Å². The minimum atomic E-state index is -4.46. The molecular weight excluding hydrogens is 602 g/mol. The topological polar surface area (TPSA) is 102 Å². The predicted octanol–water partition coefficient (Wildman–Crippen LogP) is 5.78. The molecule has 0 aliphatic heterocycles. The second kappa shape index (κ2) is 13.7. The maximum Gasteiger partial charge on any atom is 0.405 e. The molecule has 3 aromatic rings. The molecule has 0 saturated heterocycles. The van der Waals surface area contributed by atoms with Gasteiger partial charge < -0.3 is 10.1 Å². The van der Waals surface area contributed by atoms with Crippen LogP contribution in [0.3, 0.4) is 0 Å². The normalized spacial score (nSPS) is 13.3. The Morgan fingerprint density at radius 3 is 2.27 bits per heavy atom. The van der Waals surface area contributed by atoms with Gasteiger partial charge >= 0.3 is 12.1 Å². The SMILES string of the molecule is C#CCN(CCNC(=O)c1ccc(Sc2ccc(F)cc2)c([N+](=O)[O-])c1)CCOC(=O)c1ccc(C2(C(F)(F)F)C=C2)cc1. The van der Waals surface area contributed by atoms with Crippen LogP contribution in [0, 0.1) is 28.3 Å². The first-order chi connectivity index (χ1) is 20.9. The summed E-state index contributed by atoms with van der Waals surface area (Å²) in [4.78, 5) is 38.7. The lowest BCUT2D eigenvalue weighted by Crippen LogP contribution is -2.37. The number of amides is 1. The highest BCUT2D eigenvalue weighted by Gasteiger charge is 2.58. The lowest BCUT2D eigenvalue weighted by molar-refractivity contribution is -0.387. The van der Waals surface area contributed by atoms with E-state index in [0.29, 0.717) is 4.90 Å². The van der Waals surface area contributed by atoms with Crippen molar-refractivity contribution in [3.63, 3.8) is 0 Å². The average molecular weight is 628 g/mol. The number of nitrogens with zero attached hydrogens (tertiary/aromatic N) is 2. The molecule has 0 fully saturated rings. The Balaban J connectivity index is 1.26. The molecule has 8 nitrogen and oxygen atoms in total. The van der Waals surface area contributed by atoms with Gasteiger partial charge in [-0.1, -0.05) is 42.0 Å². The molecule has 13 heteroatoms. The van der Waals surface area contributed by atoms with Crippen molar-refractivity contribution in [2.24, 2.45) is 0 Å². The third kappa shape index (κ3) is 7.83. The van der Waals surface area contributed by atoms with Gasteiger partial charge in [0.25, 0.3) is 11.6 Å². The second-order valence-corrected chi connectivity index (χ2v) is 10.8. The van der Waals surface area contributed by atoms with E-state index in [-0.39, 0.29) is 60.1 Å². The van der Waals surface area contributed by atoms with E-state index in [0.717, 1.165) is 30.0 Å². The van der Waals surface area contributed by atoms with E-state index in [4.69, 9.17) is 11.2 Å². The lowest BCUT2D eigenvalue weighted by atomic mass is 9.92. The second-order valence-electron chi connectivity index (χ2n) is 9.65. The quantitative estimate of drug-likeness (QED) is 0.0641. The fraction of sp³-hybridized carbons (Fsp3) is 0.226. The fourth-order valence-electron chi connectivity index (χ4n) is 4.21. The van der Waals surface area contributed by atoms with E-state index in [1.54, 1.807) is 4.90 Å². The van der Waals surface area contributed by atoms with Gasteiger partial charge in [0.05, 0.1) is 21.9 Å². The smallest absolute Gasteiger partial charge is 0.405 e. The number of alkyl halides is 3. The maximum atomic E-state index is 13.3. The van der Waals surface area contributed by atoms with E-state index in [2.05, 4.69) is 11.2 Å². The molecule has 0 atom stereocenters. The van der Waals surface area contributed by atoms with Gasteiger partial charge in [0.1, 0.15) is 17.8 Å². The number of carbonyl (C=O) groups excluding carboxylic acids is 2. The minimum absolute atomic E-state index is 0.0122. The van der Waals surface area contributed by atoms with Gasteiger partial charge in [-0.25, -0.2) is 9.18 Å². The van der Waals surface area contributed by atoms with Crippen molar-refractivity contribution in [3.05, 3.63) is 112 Å². The number of terminal acetylenes is 1. The van der Waals surface area contributed by atoms with Crippen LogP contribution >= 0.6 is 11.8 Å². The number of nitro groups is 1. The monoisotopic (exact) mass is 627 g/mol. The molecule has 0 aromatic heterocycles. The summed E-state index contributed by atoms with van der Waals surface area (Å²) >= 11 is 1.07. The summed E-state index contributed by atoms with van der Waals surface area (Å²) in [5.41, 5.74) is -2.18. The van der Waals surface area contributed by atoms with E-state index in [1.165, 1.54) is 60.7 Å². The Kier molecular flexibility index (Phi) is 10.1. The Morgan fingerprint density at radius 2 is 1.68 bits per heavy atom. The summed E-state index contributed by atoms with van der Waals surface area (Å²) in [7, 11) is 0. The third-order valence-corrected chi connectivity index (χ3v) is 7.77. The molecule has 1 aliphatic rings. The highest BCUT2D eigenvalue weighted by molar-refractivity contribution is 7.99. The number of carbonyl (C=O) groups is 2. The summed E-state index contributed by atoms with van der Waals surface area (Å²) in [5, 5.41) is 14.3. The van der Waals surface area contributed by atoms with Crippen LogP contribution in [0.1, 0.15) is 26.3 Å². The number of nitrogens with one attached hydrogen (secondary N) is 1. The number of allylic oxidation sites excluding steroid dienone is 2. The zero-order chi connectivity index (χ0) is 31.9. The Bertz CT molecular complexity index is 1600. The van der Waals surface area contributed by atoms with Gasteiger partial charge in [0.2, 0.25) is 0 Å². The van der Waals surface area contributed by atoms with Gasteiger partial charge in [-0.15, -0.1) is 6.42 Å². The summed E-state index contributed by atoms with van der Waals surface area (Å²) < 4.78 is 58.2. The number of hydrogen-bond donors (Lipinski definition) is 1. The number of ether oxygens (including phenoxy) is 1.